The fraction of sp³-hybridized carbons (Fsp3) is 0.867. The first-order valence-electron chi connectivity index (χ1n) is 7.39. The second-order valence-electron chi connectivity index (χ2n) is 6.69. The molecular weight excluding hydrogens is 272 g/mol. The molecule has 0 spiro atoms. The van der Waals surface area contributed by atoms with Crippen molar-refractivity contribution in [2.45, 2.75) is 52.7 Å². The van der Waals surface area contributed by atoms with E-state index in [9.17, 15) is 9.59 Å². The summed E-state index contributed by atoms with van der Waals surface area (Å²) >= 11 is 0. The average Bonchev–Trinajstić information content (AvgIpc) is 2.38. The number of hydrogen-bond acceptors (Lipinski definition) is 4. The maximum atomic E-state index is 12.3. The number of nitrogens with zero attached hydrogens (tertiary/aromatic N) is 2. The topological polar surface area (TPSA) is 59.1 Å². The number of amides is 2. The van der Waals surface area contributed by atoms with Crippen LogP contribution in [0.1, 0.15) is 41.0 Å². The lowest BCUT2D eigenvalue weighted by Gasteiger charge is -2.42. The van der Waals surface area contributed by atoms with Crippen molar-refractivity contribution < 1.29 is 19.2 Å². The quantitative estimate of drug-likeness (QED) is 0.734. The van der Waals surface area contributed by atoms with Gasteiger partial charge in [-0.05, 0) is 40.0 Å². The molecule has 1 fully saturated rings. The summed E-state index contributed by atoms with van der Waals surface area (Å²) in [7, 11) is 3.09. The molecule has 0 aromatic rings. The molecular formula is C15H28N2O4. The molecule has 0 aliphatic carbocycles. The fourth-order valence-electron chi connectivity index (χ4n) is 2.61. The molecule has 0 aromatic heterocycles. The van der Waals surface area contributed by atoms with Gasteiger partial charge in [-0.15, -0.1) is 0 Å². The molecule has 122 valence electrons. The Morgan fingerprint density at radius 1 is 1.24 bits per heavy atom. The molecule has 3 unspecified atom stereocenters. The summed E-state index contributed by atoms with van der Waals surface area (Å²) in [6.45, 7) is 10.0. The van der Waals surface area contributed by atoms with Gasteiger partial charge in [-0.25, -0.2) is 9.86 Å². The van der Waals surface area contributed by atoms with E-state index < -0.39 is 5.60 Å². The Labute approximate surface area is 127 Å². The van der Waals surface area contributed by atoms with E-state index in [-0.39, 0.29) is 29.9 Å². The van der Waals surface area contributed by atoms with Crippen molar-refractivity contribution in [3.63, 3.8) is 0 Å². The third-order valence-corrected chi connectivity index (χ3v) is 4.10. The fourth-order valence-corrected chi connectivity index (χ4v) is 2.61. The highest BCUT2D eigenvalue weighted by molar-refractivity contribution is 5.78. The second kappa shape index (κ2) is 6.64. The van der Waals surface area contributed by atoms with Crippen LogP contribution in [0.15, 0.2) is 0 Å². The molecule has 2 amide bonds. The molecule has 0 radical (unpaired) electrons. The minimum absolute atomic E-state index is 0.0410. The first kappa shape index (κ1) is 17.8. The minimum Gasteiger partial charge on any atom is -0.444 e. The van der Waals surface area contributed by atoms with E-state index in [4.69, 9.17) is 9.57 Å². The van der Waals surface area contributed by atoms with E-state index in [1.54, 1.807) is 11.9 Å². The number of carbonyl (C=O) groups is 2. The first-order chi connectivity index (χ1) is 9.58. The summed E-state index contributed by atoms with van der Waals surface area (Å²) in [6, 6.07) is -0.0483. The summed E-state index contributed by atoms with van der Waals surface area (Å²) in [6.07, 6.45) is 0.310. The largest absolute Gasteiger partial charge is 0.444 e. The predicted octanol–water partition coefficient (Wildman–Crippen LogP) is 2.29. The van der Waals surface area contributed by atoms with Gasteiger partial charge in [0.25, 0.3) is 0 Å². The van der Waals surface area contributed by atoms with Crippen LogP contribution in [0.4, 0.5) is 4.79 Å². The summed E-state index contributed by atoms with van der Waals surface area (Å²) in [4.78, 5) is 31.2. The normalized spacial score (nSPS) is 26.4. The van der Waals surface area contributed by atoms with Crippen molar-refractivity contribution in [3.8, 4) is 0 Å². The Balaban J connectivity index is 2.75. The van der Waals surface area contributed by atoms with Crippen LogP contribution in [-0.2, 0) is 14.4 Å². The number of hydroxylamine groups is 2. The van der Waals surface area contributed by atoms with Crippen LogP contribution in [0.3, 0.4) is 0 Å². The molecule has 1 saturated heterocycles. The highest BCUT2D eigenvalue weighted by Crippen LogP contribution is 2.31. The van der Waals surface area contributed by atoms with Crippen LogP contribution >= 0.6 is 0 Å². The van der Waals surface area contributed by atoms with Crippen molar-refractivity contribution in [3.05, 3.63) is 0 Å². The summed E-state index contributed by atoms with van der Waals surface area (Å²) in [5.41, 5.74) is -0.511. The molecule has 0 N–H and O–H groups in total. The van der Waals surface area contributed by atoms with Gasteiger partial charge in [0.05, 0.1) is 7.11 Å². The Morgan fingerprint density at radius 3 is 2.29 bits per heavy atom. The Bertz CT molecular complexity index is 392. The van der Waals surface area contributed by atoms with Gasteiger partial charge in [0.2, 0.25) is 5.91 Å². The Kier molecular flexibility index (Phi) is 5.61. The lowest BCUT2D eigenvalue weighted by molar-refractivity contribution is -0.177. The molecule has 1 aliphatic rings. The van der Waals surface area contributed by atoms with E-state index in [1.165, 1.54) is 12.2 Å². The van der Waals surface area contributed by atoms with Crippen LogP contribution in [0.25, 0.3) is 0 Å². The number of carbonyl (C=O) groups excluding carboxylic acids is 2. The van der Waals surface area contributed by atoms with Crippen molar-refractivity contribution in [2.24, 2.45) is 11.8 Å². The minimum atomic E-state index is -0.511. The van der Waals surface area contributed by atoms with Gasteiger partial charge in [0.15, 0.2) is 0 Å². The van der Waals surface area contributed by atoms with Crippen LogP contribution in [0.5, 0.6) is 0 Å². The zero-order chi connectivity index (χ0) is 16.4. The standard InChI is InChI=1S/C15H28N2O4/c1-10-11(2)17(14(19)21-15(3,4)5)9-8-12(10)13(18)16(6)20-7/h10-12H,8-9H2,1-7H3. The zero-order valence-electron chi connectivity index (χ0n) is 14.2. The smallest absolute Gasteiger partial charge is 0.410 e. The Morgan fingerprint density at radius 2 is 1.81 bits per heavy atom. The summed E-state index contributed by atoms with van der Waals surface area (Å²) < 4.78 is 5.43. The molecule has 1 heterocycles. The number of rotatable bonds is 2. The van der Waals surface area contributed by atoms with Gasteiger partial charge in [0.1, 0.15) is 5.60 Å². The third-order valence-electron chi connectivity index (χ3n) is 4.10. The average molecular weight is 300 g/mol. The van der Waals surface area contributed by atoms with Crippen molar-refractivity contribution in [1.29, 1.82) is 0 Å². The van der Waals surface area contributed by atoms with Crippen LogP contribution in [0, 0.1) is 11.8 Å². The number of ether oxygens (including phenoxy) is 1. The zero-order valence-corrected chi connectivity index (χ0v) is 14.2. The van der Waals surface area contributed by atoms with Gasteiger partial charge in [0, 0.05) is 25.6 Å². The lowest BCUT2D eigenvalue weighted by atomic mass is 9.81. The van der Waals surface area contributed by atoms with Crippen LogP contribution in [-0.4, -0.2) is 54.3 Å². The van der Waals surface area contributed by atoms with Crippen molar-refractivity contribution >= 4 is 12.0 Å². The SMILES string of the molecule is CON(C)C(=O)C1CCN(C(=O)OC(C)(C)C)C(C)C1C. The Hall–Kier alpha value is -1.30. The van der Waals surface area contributed by atoms with Gasteiger partial charge in [-0.3, -0.25) is 9.63 Å². The maximum Gasteiger partial charge on any atom is 0.410 e. The summed E-state index contributed by atoms with van der Waals surface area (Å²) in [5, 5.41) is 1.26. The number of hydrogen-bond donors (Lipinski definition) is 0. The lowest BCUT2D eigenvalue weighted by Crippen LogP contribution is -2.53. The first-order valence-corrected chi connectivity index (χ1v) is 7.39. The van der Waals surface area contributed by atoms with Gasteiger partial charge in [-0.1, -0.05) is 6.92 Å². The van der Waals surface area contributed by atoms with Crippen LogP contribution in [0.2, 0.25) is 0 Å². The molecule has 21 heavy (non-hydrogen) atoms. The second-order valence-corrected chi connectivity index (χ2v) is 6.69. The highest BCUT2D eigenvalue weighted by Gasteiger charge is 2.40. The van der Waals surface area contributed by atoms with Crippen molar-refractivity contribution in [1.82, 2.24) is 9.96 Å². The van der Waals surface area contributed by atoms with E-state index in [2.05, 4.69) is 0 Å². The number of likely N-dealkylation sites (tertiary alicyclic amines) is 1. The van der Waals surface area contributed by atoms with Gasteiger partial charge < -0.3 is 9.64 Å². The van der Waals surface area contributed by atoms with Crippen molar-refractivity contribution in [2.75, 3.05) is 20.7 Å². The van der Waals surface area contributed by atoms with E-state index in [1.807, 2.05) is 34.6 Å². The molecule has 6 heteroatoms. The molecule has 1 rings (SSSR count). The molecule has 0 bridgehead atoms. The van der Waals surface area contributed by atoms with Crippen LogP contribution < -0.4 is 0 Å². The molecule has 1 aliphatic heterocycles. The van der Waals surface area contributed by atoms with E-state index in [0.29, 0.717) is 13.0 Å². The van der Waals surface area contributed by atoms with E-state index >= 15 is 0 Å². The molecule has 6 nitrogen and oxygen atoms in total. The number of piperidine rings is 1. The predicted molar refractivity (Wildman–Crippen MR) is 79.5 cm³/mol. The van der Waals surface area contributed by atoms with Gasteiger partial charge in [-0.2, -0.15) is 0 Å². The highest BCUT2D eigenvalue weighted by atomic mass is 16.7. The van der Waals surface area contributed by atoms with E-state index in [0.717, 1.165) is 0 Å². The van der Waals surface area contributed by atoms with Gasteiger partial charge >= 0.3 is 6.09 Å². The maximum absolute atomic E-state index is 12.3. The summed E-state index contributed by atoms with van der Waals surface area (Å²) in [5.74, 6) is -0.124. The monoisotopic (exact) mass is 300 g/mol. The molecule has 0 saturated carbocycles. The molecule has 0 aromatic carbocycles. The molecule has 3 atom stereocenters. The third kappa shape index (κ3) is 4.33.